The van der Waals surface area contributed by atoms with E-state index in [1.54, 1.807) is 30.3 Å². The van der Waals surface area contributed by atoms with Crippen molar-refractivity contribution in [3.63, 3.8) is 0 Å². The van der Waals surface area contributed by atoms with Crippen LogP contribution in [0.25, 0.3) is 0 Å². The Hall–Kier alpha value is -1.12. The second-order valence-electron chi connectivity index (χ2n) is 6.97. The maximum atomic E-state index is 13.0. The molecule has 0 atom stereocenters. The van der Waals surface area contributed by atoms with Crippen LogP contribution in [0.3, 0.4) is 0 Å². The number of nitrogens with zero attached hydrogens (tertiary/aromatic N) is 2. The standard InChI is InChI=1S/C17H26N2O4S2/c1-14-12-16(19-10-6-7-11-24(19,20)21)13-15(2)17(14)25(22,23)18-8-4-3-5-9-18/h12-13H,3-11H2,1-2H3. The van der Waals surface area contributed by atoms with Crippen LogP contribution in [0.15, 0.2) is 17.0 Å². The summed E-state index contributed by atoms with van der Waals surface area (Å²) in [6, 6.07) is 3.40. The smallest absolute Gasteiger partial charge is 0.243 e. The highest BCUT2D eigenvalue weighted by Gasteiger charge is 2.31. The van der Waals surface area contributed by atoms with E-state index in [2.05, 4.69) is 0 Å². The molecule has 0 aliphatic carbocycles. The number of sulfonamides is 2. The van der Waals surface area contributed by atoms with Crippen molar-refractivity contribution in [2.75, 3.05) is 29.7 Å². The first-order chi connectivity index (χ1) is 11.7. The molecule has 2 aliphatic rings. The number of hydrogen-bond acceptors (Lipinski definition) is 4. The third kappa shape index (κ3) is 3.57. The van der Waals surface area contributed by atoms with Gasteiger partial charge < -0.3 is 0 Å². The molecule has 8 heteroatoms. The number of aryl methyl sites for hydroxylation is 2. The summed E-state index contributed by atoms with van der Waals surface area (Å²) < 4.78 is 53.7. The molecule has 0 N–H and O–H groups in total. The molecule has 25 heavy (non-hydrogen) atoms. The number of rotatable bonds is 3. The zero-order chi connectivity index (χ0) is 18.2. The molecular formula is C17H26N2O4S2. The van der Waals surface area contributed by atoms with E-state index in [4.69, 9.17) is 0 Å². The molecule has 0 amide bonds. The SMILES string of the molecule is Cc1cc(N2CCCCS2(=O)=O)cc(C)c1S(=O)(=O)N1CCCCC1. The molecule has 0 aromatic heterocycles. The van der Waals surface area contributed by atoms with Crippen molar-refractivity contribution in [3.8, 4) is 0 Å². The van der Waals surface area contributed by atoms with Crippen molar-refractivity contribution in [2.24, 2.45) is 0 Å². The van der Waals surface area contributed by atoms with Gasteiger partial charge >= 0.3 is 0 Å². The molecule has 1 aromatic carbocycles. The van der Waals surface area contributed by atoms with E-state index in [0.717, 1.165) is 25.7 Å². The summed E-state index contributed by atoms with van der Waals surface area (Å²) in [6.45, 7) is 5.08. The topological polar surface area (TPSA) is 74.8 Å². The molecule has 0 spiro atoms. The van der Waals surface area contributed by atoms with Gasteiger partial charge in [-0.2, -0.15) is 4.31 Å². The Balaban J connectivity index is 2.01. The molecule has 0 bridgehead atoms. The van der Waals surface area contributed by atoms with Crippen LogP contribution in [0.2, 0.25) is 0 Å². The maximum absolute atomic E-state index is 13.0. The third-order valence-corrected chi connectivity index (χ3v) is 9.07. The van der Waals surface area contributed by atoms with Gasteiger partial charge in [-0.05, 0) is 62.8 Å². The van der Waals surface area contributed by atoms with Crippen LogP contribution in [-0.2, 0) is 20.0 Å². The van der Waals surface area contributed by atoms with Gasteiger partial charge in [0.15, 0.2) is 0 Å². The van der Waals surface area contributed by atoms with Gasteiger partial charge in [0.2, 0.25) is 20.0 Å². The van der Waals surface area contributed by atoms with Crippen molar-refractivity contribution in [3.05, 3.63) is 23.3 Å². The molecule has 0 unspecified atom stereocenters. The molecule has 1 aromatic rings. The van der Waals surface area contributed by atoms with Crippen LogP contribution >= 0.6 is 0 Å². The molecule has 2 aliphatic heterocycles. The van der Waals surface area contributed by atoms with Gasteiger partial charge in [-0.15, -0.1) is 0 Å². The van der Waals surface area contributed by atoms with Crippen LogP contribution in [-0.4, -0.2) is 46.5 Å². The minimum Gasteiger partial charge on any atom is -0.270 e. The van der Waals surface area contributed by atoms with Crippen LogP contribution in [0.1, 0.15) is 43.2 Å². The lowest BCUT2D eigenvalue weighted by atomic mass is 10.1. The van der Waals surface area contributed by atoms with E-state index in [-0.39, 0.29) is 5.75 Å². The normalized spacial score (nSPS) is 22.1. The fourth-order valence-electron chi connectivity index (χ4n) is 3.79. The van der Waals surface area contributed by atoms with E-state index < -0.39 is 20.0 Å². The maximum Gasteiger partial charge on any atom is 0.243 e. The second kappa shape index (κ2) is 6.89. The Morgan fingerprint density at radius 3 is 2.00 bits per heavy atom. The molecule has 2 heterocycles. The number of benzene rings is 1. The lowest BCUT2D eigenvalue weighted by molar-refractivity contribution is 0.346. The fourth-order valence-corrected chi connectivity index (χ4v) is 7.34. The van der Waals surface area contributed by atoms with Crippen molar-refractivity contribution in [1.82, 2.24) is 4.31 Å². The number of hydrogen-bond donors (Lipinski definition) is 0. The zero-order valence-electron chi connectivity index (χ0n) is 14.9. The molecule has 3 rings (SSSR count). The predicted molar refractivity (Wildman–Crippen MR) is 98.9 cm³/mol. The average Bonchev–Trinajstić information content (AvgIpc) is 2.54. The summed E-state index contributed by atoms with van der Waals surface area (Å²) in [4.78, 5) is 0.326. The van der Waals surface area contributed by atoms with Gasteiger partial charge in [-0.1, -0.05) is 6.42 Å². The van der Waals surface area contributed by atoms with Crippen molar-refractivity contribution in [1.29, 1.82) is 0 Å². The van der Waals surface area contributed by atoms with Crippen molar-refractivity contribution in [2.45, 2.75) is 50.8 Å². The van der Waals surface area contributed by atoms with Gasteiger partial charge in [-0.25, -0.2) is 16.8 Å². The summed E-state index contributed by atoms with van der Waals surface area (Å²) in [5.74, 6) is 0.152. The molecular weight excluding hydrogens is 360 g/mol. The predicted octanol–water partition coefficient (Wildman–Crippen LogP) is 2.41. The Labute approximate surface area is 150 Å². The Morgan fingerprint density at radius 1 is 0.880 bits per heavy atom. The van der Waals surface area contributed by atoms with Crippen LogP contribution < -0.4 is 4.31 Å². The number of anilines is 1. The largest absolute Gasteiger partial charge is 0.270 e. The lowest BCUT2D eigenvalue weighted by Crippen LogP contribution is -2.38. The minimum atomic E-state index is -3.53. The van der Waals surface area contributed by atoms with Crippen molar-refractivity contribution < 1.29 is 16.8 Å². The molecule has 6 nitrogen and oxygen atoms in total. The van der Waals surface area contributed by atoms with Crippen molar-refractivity contribution >= 4 is 25.7 Å². The molecule has 2 saturated heterocycles. The van der Waals surface area contributed by atoms with Crippen LogP contribution in [0.5, 0.6) is 0 Å². The van der Waals surface area contributed by atoms with Gasteiger partial charge in [-0.3, -0.25) is 4.31 Å². The van der Waals surface area contributed by atoms with Gasteiger partial charge in [0.1, 0.15) is 0 Å². The number of piperidine rings is 1. The van der Waals surface area contributed by atoms with E-state index in [1.165, 1.54) is 4.31 Å². The van der Waals surface area contributed by atoms with Crippen LogP contribution in [0.4, 0.5) is 5.69 Å². The summed E-state index contributed by atoms with van der Waals surface area (Å²) in [5, 5.41) is 0. The highest BCUT2D eigenvalue weighted by Crippen LogP contribution is 2.32. The monoisotopic (exact) mass is 386 g/mol. The summed E-state index contributed by atoms with van der Waals surface area (Å²) >= 11 is 0. The first kappa shape index (κ1) is 18.7. The minimum absolute atomic E-state index is 0.152. The van der Waals surface area contributed by atoms with Crippen LogP contribution in [0, 0.1) is 13.8 Å². The van der Waals surface area contributed by atoms with Gasteiger partial charge in [0.05, 0.1) is 16.3 Å². The summed E-state index contributed by atoms with van der Waals surface area (Å²) in [5.41, 5.74) is 1.80. The Kier molecular flexibility index (Phi) is 5.14. The average molecular weight is 387 g/mol. The first-order valence-corrected chi connectivity index (χ1v) is 11.9. The quantitative estimate of drug-likeness (QED) is 0.799. The van der Waals surface area contributed by atoms with E-state index in [1.807, 2.05) is 0 Å². The highest BCUT2D eigenvalue weighted by molar-refractivity contribution is 7.92. The summed E-state index contributed by atoms with van der Waals surface area (Å²) in [6.07, 6.45) is 4.35. The highest BCUT2D eigenvalue weighted by atomic mass is 32.2. The first-order valence-electron chi connectivity index (χ1n) is 8.85. The molecule has 0 radical (unpaired) electrons. The lowest BCUT2D eigenvalue weighted by Gasteiger charge is -2.30. The third-order valence-electron chi connectivity index (χ3n) is 5.00. The molecule has 140 valence electrons. The van der Waals surface area contributed by atoms with E-state index in [9.17, 15) is 16.8 Å². The Bertz CT molecular complexity index is 834. The molecule has 0 saturated carbocycles. The second-order valence-corrected chi connectivity index (χ2v) is 10.9. The van der Waals surface area contributed by atoms with Gasteiger partial charge in [0.25, 0.3) is 0 Å². The van der Waals surface area contributed by atoms with E-state index >= 15 is 0 Å². The Morgan fingerprint density at radius 2 is 1.44 bits per heavy atom. The summed E-state index contributed by atoms with van der Waals surface area (Å²) in [7, 11) is -6.84. The van der Waals surface area contributed by atoms with E-state index in [0.29, 0.717) is 47.8 Å². The van der Waals surface area contributed by atoms with Gasteiger partial charge in [0, 0.05) is 19.6 Å². The molecule has 2 fully saturated rings. The fraction of sp³-hybridized carbons (Fsp3) is 0.647. The zero-order valence-corrected chi connectivity index (χ0v) is 16.5.